The summed E-state index contributed by atoms with van der Waals surface area (Å²) in [6, 6.07) is 2.17. The van der Waals surface area contributed by atoms with E-state index in [2.05, 4.69) is 16.8 Å². The zero-order chi connectivity index (χ0) is 12.8. The number of rotatable bonds is 6. The van der Waals surface area contributed by atoms with Gasteiger partial charge in [-0.15, -0.1) is 0 Å². The van der Waals surface area contributed by atoms with Crippen molar-refractivity contribution in [1.82, 2.24) is 5.32 Å². The van der Waals surface area contributed by atoms with Gasteiger partial charge < -0.3 is 11.1 Å². The van der Waals surface area contributed by atoms with E-state index in [1.165, 1.54) is 5.56 Å². The molecule has 1 aromatic heterocycles. The van der Waals surface area contributed by atoms with E-state index >= 15 is 0 Å². The van der Waals surface area contributed by atoms with E-state index in [4.69, 9.17) is 18.0 Å². The molecule has 0 spiro atoms. The van der Waals surface area contributed by atoms with E-state index in [1.54, 1.807) is 11.3 Å². The van der Waals surface area contributed by atoms with Gasteiger partial charge in [-0.2, -0.15) is 11.3 Å². The highest BCUT2D eigenvalue weighted by atomic mass is 32.1. The lowest BCUT2D eigenvalue weighted by molar-refractivity contribution is -0.123. The van der Waals surface area contributed by atoms with Gasteiger partial charge in [0.15, 0.2) is 0 Å². The van der Waals surface area contributed by atoms with Gasteiger partial charge in [0.2, 0.25) is 5.91 Å². The molecule has 2 unspecified atom stereocenters. The molecular weight excluding hydrogens is 252 g/mol. The lowest BCUT2D eigenvalue weighted by Crippen LogP contribution is -2.42. The van der Waals surface area contributed by atoms with Crippen LogP contribution in [0.25, 0.3) is 0 Å². The Morgan fingerprint density at radius 2 is 2.35 bits per heavy atom. The maximum atomic E-state index is 11.9. The van der Waals surface area contributed by atoms with E-state index in [9.17, 15) is 4.79 Å². The van der Waals surface area contributed by atoms with Gasteiger partial charge in [0.25, 0.3) is 0 Å². The summed E-state index contributed by atoms with van der Waals surface area (Å²) < 4.78 is 0. The van der Waals surface area contributed by atoms with Gasteiger partial charge in [-0.3, -0.25) is 4.79 Å². The maximum absolute atomic E-state index is 11.9. The van der Waals surface area contributed by atoms with Crippen LogP contribution in [0.15, 0.2) is 16.8 Å². The fourth-order valence-corrected chi connectivity index (χ4v) is 2.63. The van der Waals surface area contributed by atoms with Gasteiger partial charge in [0.05, 0.1) is 10.9 Å². The van der Waals surface area contributed by atoms with E-state index in [1.807, 2.05) is 19.2 Å². The third-order valence-corrected chi connectivity index (χ3v) is 3.60. The van der Waals surface area contributed by atoms with Crippen molar-refractivity contribution in [1.29, 1.82) is 0 Å². The highest BCUT2D eigenvalue weighted by molar-refractivity contribution is 7.80. The van der Waals surface area contributed by atoms with E-state index < -0.39 is 0 Å². The van der Waals surface area contributed by atoms with Crippen LogP contribution in [0.3, 0.4) is 0 Å². The van der Waals surface area contributed by atoms with Crippen molar-refractivity contribution in [3.8, 4) is 0 Å². The van der Waals surface area contributed by atoms with Crippen molar-refractivity contribution in [2.45, 2.75) is 32.7 Å². The van der Waals surface area contributed by atoms with Gasteiger partial charge in [0, 0.05) is 6.04 Å². The first kappa shape index (κ1) is 14.1. The van der Waals surface area contributed by atoms with Crippen molar-refractivity contribution in [3.05, 3.63) is 22.4 Å². The van der Waals surface area contributed by atoms with Gasteiger partial charge in [-0.25, -0.2) is 0 Å². The molecule has 0 aliphatic rings. The van der Waals surface area contributed by atoms with Gasteiger partial charge in [-0.1, -0.05) is 19.1 Å². The van der Waals surface area contributed by atoms with Crippen molar-refractivity contribution in [2.75, 3.05) is 0 Å². The average molecular weight is 270 g/mol. The summed E-state index contributed by atoms with van der Waals surface area (Å²) in [5.74, 6) is -0.419. The SMILES string of the molecule is CCC(C(=O)NC(C)Cc1ccsc1)C(N)=S. The Balaban J connectivity index is 2.47. The minimum Gasteiger partial charge on any atom is -0.393 e. The Labute approximate surface area is 111 Å². The van der Waals surface area contributed by atoms with Gasteiger partial charge >= 0.3 is 0 Å². The second-order valence-electron chi connectivity index (χ2n) is 4.11. The predicted octanol–water partition coefficient (Wildman–Crippen LogP) is 2.11. The predicted molar refractivity (Wildman–Crippen MR) is 76.2 cm³/mol. The molecule has 1 aromatic rings. The normalized spacial score (nSPS) is 14.0. The van der Waals surface area contributed by atoms with Crippen LogP contribution in [0.4, 0.5) is 0 Å². The maximum Gasteiger partial charge on any atom is 0.230 e. The molecule has 5 heteroatoms. The standard InChI is InChI=1S/C12H18N2OS2/c1-3-10(11(13)16)12(15)14-8(2)6-9-4-5-17-7-9/h4-5,7-8,10H,3,6H2,1-2H3,(H2,13,16)(H,14,15). The second kappa shape index (κ2) is 6.71. The molecule has 1 amide bonds. The summed E-state index contributed by atoms with van der Waals surface area (Å²) in [4.78, 5) is 12.1. The van der Waals surface area contributed by atoms with Crippen LogP contribution in [0, 0.1) is 5.92 Å². The quantitative estimate of drug-likeness (QED) is 0.778. The molecule has 2 atom stereocenters. The molecule has 3 nitrogen and oxygen atoms in total. The van der Waals surface area contributed by atoms with Gasteiger partial charge in [-0.05, 0) is 42.2 Å². The molecule has 0 aromatic carbocycles. The molecular formula is C12H18N2OS2. The van der Waals surface area contributed by atoms with Crippen molar-refractivity contribution in [3.63, 3.8) is 0 Å². The first-order valence-corrected chi connectivity index (χ1v) is 7.00. The number of nitrogens with one attached hydrogen (secondary N) is 1. The first-order chi connectivity index (χ1) is 8.04. The molecule has 0 radical (unpaired) electrons. The summed E-state index contributed by atoms with van der Waals surface area (Å²) in [6.45, 7) is 3.90. The summed E-state index contributed by atoms with van der Waals surface area (Å²) in [7, 11) is 0. The Morgan fingerprint density at radius 1 is 1.65 bits per heavy atom. The Bertz CT molecular complexity index is 376. The summed E-state index contributed by atoms with van der Waals surface area (Å²) >= 11 is 6.54. The molecule has 0 bridgehead atoms. The second-order valence-corrected chi connectivity index (χ2v) is 5.36. The fraction of sp³-hybridized carbons (Fsp3) is 0.500. The number of hydrogen-bond donors (Lipinski definition) is 2. The smallest absolute Gasteiger partial charge is 0.230 e. The molecule has 17 heavy (non-hydrogen) atoms. The molecule has 1 heterocycles. The molecule has 0 aliphatic carbocycles. The van der Waals surface area contributed by atoms with Crippen LogP contribution in [0.1, 0.15) is 25.8 Å². The lowest BCUT2D eigenvalue weighted by atomic mass is 10.0. The van der Waals surface area contributed by atoms with Crippen molar-refractivity contribution >= 4 is 34.5 Å². The van der Waals surface area contributed by atoms with Gasteiger partial charge in [0.1, 0.15) is 0 Å². The number of amides is 1. The van der Waals surface area contributed by atoms with E-state index in [0.29, 0.717) is 6.42 Å². The molecule has 94 valence electrons. The van der Waals surface area contributed by atoms with Crippen LogP contribution in [0.5, 0.6) is 0 Å². The summed E-state index contributed by atoms with van der Waals surface area (Å²) in [6.07, 6.45) is 1.48. The third-order valence-electron chi connectivity index (χ3n) is 2.58. The van der Waals surface area contributed by atoms with Crippen LogP contribution >= 0.6 is 23.6 Å². The molecule has 0 aliphatic heterocycles. The van der Waals surface area contributed by atoms with Crippen molar-refractivity contribution in [2.24, 2.45) is 11.7 Å². The Hall–Kier alpha value is -0.940. The minimum absolute atomic E-state index is 0.0669. The first-order valence-electron chi connectivity index (χ1n) is 5.65. The summed E-state index contributed by atoms with van der Waals surface area (Å²) in [5, 5.41) is 7.07. The monoisotopic (exact) mass is 270 g/mol. The number of thiocarbonyl (C=S) groups is 1. The molecule has 3 N–H and O–H groups in total. The molecule has 0 fully saturated rings. The van der Waals surface area contributed by atoms with Crippen molar-refractivity contribution < 1.29 is 4.79 Å². The zero-order valence-corrected chi connectivity index (χ0v) is 11.7. The number of thiophene rings is 1. The lowest BCUT2D eigenvalue weighted by Gasteiger charge is -2.18. The Morgan fingerprint density at radius 3 is 2.82 bits per heavy atom. The number of nitrogens with two attached hydrogens (primary N) is 1. The highest BCUT2D eigenvalue weighted by Gasteiger charge is 2.20. The highest BCUT2D eigenvalue weighted by Crippen LogP contribution is 2.09. The summed E-state index contributed by atoms with van der Waals surface area (Å²) in [5.41, 5.74) is 6.77. The number of carbonyl (C=O) groups is 1. The molecule has 1 rings (SSSR count). The zero-order valence-electron chi connectivity index (χ0n) is 10.1. The topological polar surface area (TPSA) is 55.1 Å². The minimum atomic E-state index is -0.352. The van der Waals surface area contributed by atoms with E-state index in [0.717, 1.165) is 6.42 Å². The third kappa shape index (κ3) is 4.44. The number of carbonyl (C=O) groups excluding carboxylic acids is 1. The van der Waals surface area contributed by atoms with E-state index in [-0.39, 0.29) is 22.9 Å². The average Bonchev–Trinajstić information content (AvgIpc) is 2.70. The van der Waals surface area contributed by atoms with Crippen LogP contribution < -0.4 is 11.1 Å². The fourth-order valence-electron chi connectivity index (χ4n) is 1.67. The molecule has 0 saturated carbocycles. The Kier molecular flexibility index (Phi) is 5.58. The van der Waals surface area contributed by atoms with Crippen LogP contribution in [-0.2, 0) is 11.2 Å². The van der Waals surface area contributed by atoms with Crippen LogP contribution in [-0.4, -0.2) is 16.9 Å². The molecule has 0 saturated heterocycles. The largest absolute Gasteiger partial charge is 0.393 e. The number of hydrogen-bond acceptors (Lipinski definition) is 3. The van der Waals surface area contributed by atoms with Crippen LogP contribution in [0.2, 0.25) is 0 Å².